The molecule has 1 aliphatic rings. The predicted molar refractivity (Wildman–Crippen MR) is 80.7 cm³/mol. The van der Waals surface area contributed by atoms with Gasteiger partial charge in [0.1, 0.15) is 10.7 Å². The number of likely N-dealkylation sites (tertiary alicyclic amines) is 1. The molecule has 1 saturated heterocycles. The largest absolute Gasteiger partial charge is 0.298 e. The number of aromatic nitrogens is 2. The van der Waals surface area contributed by atoms with Crippen LogP contribution in [0.3, 0.4) is 0 Å². The zero-order chi connectivity index (χ0) is 15.7. The van der Waals surface area contributed by atoms with Crippen LogP contribution in [0.2, 0.25) is 0 Å². The molecule has 0 bridgehead atoms. The minimum absolute atomic E-state index is 0.132. The van der Waals surface area contributed by atoms with E-state index in [0.717, 1.165) is 31.6 Å². The van der Waals surface area contributed by atoms with Crippen LogP contribution in [0, 0.1) is 5.82 Å². The third-order valence-corrected chi connectivity index (χ3v) is 5.16. The van der Waals surface area contributed by atoms with Gasteiger partial charge in [0.2, 0.25) is 0 Å². The summed E-state index contributed by atoms with van der Waals surface area (Å²) in [5.74, 6) is -0.106. The van der Waals surface area contributed by atoms with Crippen molar-refractivity contribution < 1.29 is 12.8 Å². The van der Waals surface area contributed by atoms with Gasteiger partial charge in [0.05, 0.1) is 11.9 Å². The van der Waals surface area contributed by atoms with E-state index in [0.29, 0.717) is 10.6 Å². The first-order valence-corrected chi connectivity index (χ1v) is 9.03. The number of rotatable bonds is 4. The van der Waals surface area contributed by atoms with Crippen LogP contribution in [0.5, 0.6) is 0 Å². The third kappa shape index (κ3) is 3.20. The Morgan fingerprint density at radius 3 is 2.77 bits per heavy atom. The summed E-state index contributed by atoms with van der Waals surface area (Å²) in [6.07, 6.45) is 3.46. The zero-order valence-electron chi connectivity index (χ0n) is 12.3. The van der Waals surface area contributed by atoms with Crippen molar-refractivity contribution >= 4 is 9.84 Å². The van der Waals surface area contributed by atoms with E-state index in [4.69, 9.17) is 0 Å². The fraction of sp³-hybridized carbons (Fsp3) is 0.400. The molecule has 0 spiro atoms. The number of hydrogen-bond acceptors (Lipinski definition) is 4. The number of sulfone groups is 1. The summed E-state index contributed by atoms with van der Waals surface area (Å²) in [7, 11) is -3.26. The summed E-state index contributed by atoms with van der Waals surface area (Å²) in [5, 5.41) is 6.73. The number of nitrogens with one attached hydrogen (secondary N) is 1. The average molecular weight is 323 g/mol. The van der Waals surface area contributed by atoms with Crippen molar-refractivity contribution in [1.82, 2.24) is 15.1 Å². The van der Waals surface area contributed by atoms with Crippen LogP contribution in [0.4, 0.5) is 4.39 Å². The lowest BCUT2D eigenvalue weighted by Crippen LogP contribution is -2.20. The molecule has 2 heterocycles. The van der Waals surface area contributed by atoms with Gasteiger partial charge in [0, 0.05) is 25.3 Å². The van der Waals surface area contributed by atoms with E-state index in [1.54, 1.807) is 12.1 Å². The molecular weight excluding hydrogens is 305 g/mol. The molecule has 1 aromatic carbocycles. The maximum Gasteiger partial charge on any atom is 0.178 e. The molecule has 1 atom stereocenters. The van der Waals surface area contributed by atoms with E-state index in [1.807, 2.05) is 0 Å². The molecule has 1 aromatic heterocycles. The van der Waals surface area contributed by atoms with Crippen molar-refractivity contribution in [3.63, 3.8) is 0 Å². The molecule has 118 valence electrons. The predicted octanol–water partition coefficient (Wildman–Crippen LogP) is 1.94. The molecule has 3 rings (SSSR count). The normalized spacial score (nSPS) is 19.6. The molecule has 22 heavy (non-hydrogen) atoms. The lowest BCUT2D eigenvalue weighted by atomic mass is 10.1. The Hall–Kier alpha value is -1.73. The first-order chi connectivity index (χ1) is 10.4. The first-order valence-electron chi connectivity index (χ1n) is 7.13. The Bertz CT molecular complexity index is 755. The summed E-state index contributed by atoms with van der Waals surface area (Å²) >= 11 is 0. The lowest BCUT2D eigenvalue weighted by molar-refractivity contribution is 0.326. The second-order valence-electron chi connectivity index (χ2n) is 5.77. The Labute approximate surface area is 129 Å². The molecular formula is C15H18FN3O2S. The minimum Gasteiger partial charge on any atom is -0.298 e. The van der Waals surface area contributed by atoms with Crippen LogP contribution in [0.25, 0.3) is 0 Å². The van der Waals surface area contributed by atoms with Gasteiger partial charge in [-0.3, -0.25) is 10.00 Å². The van der Waals surface area contributed by atoms with E-state index < -0.39 is 9.84 Å². The fourth-order valence-electron chi connectivity index (χ4n) is 2.93. The number of hydrogen-bond donors (Lipinski definition) is 1. The Balaban J connectivity index is 1.70. The Morgan fingerprint density at radius 2 is 2.09 bits per heavy atom. The van der Waals surface area contributed by atoms with E-state index in [9.17, 15) is 12.8 Å². The van der Waals surface area contributed by atoms with Gasteiger partial charge in [-0.25, -0.2) is 12.8 Å². The van der Waals surface area contributed by atoms with E-state index in [2.05, 4.69) is 15.1 Å². The number of H-pyrrole nitrogens is 1. The van der Waals surface area contributed by atoms with Gasteiger partial charge in [-0.1, -0.05) is 12.1 Å². The molecule has 0 unspecified atom stereocenters. The fourth-order valence-corrected chi connectivity index (χ4v) is 3.79. The summed E-state index contributed by atoms with van der Waals surface area (Å²) < 4.78 is 36.5. The van der Waals surface area contributed by atoms with E-state index in [-0.39, 0.29) is 11.7 Å². The van der Waals surface area contributed by atoms with Crippen molar-refractivity contribution in [2.75, 3.05) is 19.3 Å². The van der Waals surface area contributed by atoms with Crippen LogP contribution in [-0.2, 0) is 16.4 Å². The highest BCUT2D eigenvalue weighted by Gasteiger charge is 2.29. The number of aromatic amines is 1. The number of nitrogens with zero attached hydrogens (tertiary/aromatic N) is 2. The highest BCUT2D eigenvalue weighted by Crippen LogP contribution is 2.30. The molecule has 2 aromatic rings. The molecule has 0 radical (unpaired) electrons. The minimum atomic E-state index is -3.26. The number of halogens is 1. The second kappa shape index (κ2) is 5.81. The van der Waals surface area contributed by atoms with Crippen LogP contribution < -0.4 is 0 Å². The molecule has 1 fully saturated rings. The molecule has 1 N–H and O–H groups in total. The van der Waals surface area contributed by atoms with Gasteiger partial charge in [0.25, 0.3) is 0 Å². The van der Waals surface area contributed by atoms with Crippen LogP contribution in [-0.4, -0.2) is 42.9 Å². The molecule has 1 aliphatic heterocycles. The van der Waals surface area contributed by atoms with Gasteiger partial charge in [-0.15, -0.1) is 0 Å². The maximum atomic E-state index is 12.9. The van der Waals surface area contributed by atoms with Crippen molar-refractivity contribution in [1.29, 1.82) is 0 Å². The topological polar surface area (TPSA) is 66.1 Å². The second-order valence-corrected chi connectivity index (χ2v) is 7.75. The third-order valence-electron chi connectivity index (χ3n) is 4.03. The quantitative estimate of drug-likeness (QED) is 0.934. The smallest absolute Gasteiger partial charge is 0.178 e. The molecule has 0 amide bonds. The zero-order valence-corrected chi connectivity index (χ0v) is 13.1. The first kappa shape index (κ1) is 15.2. The van der Waals surface area contributed by atoms with Crippen molar-refractivity contribution in [3.05, 3.63) is 47.5 Å². The summed E-state index contributed by atoms with van der Waals surface area (Å²) in [6.45, 7) is 2.38. The van der Waals surface area contributed by atoms with Gasteiger partial charge in [-0.05, 0) is 30.7 Å². The Kier molecular flexibility index (Phi) is 4.01. The van der Waals surface area contributed by atoms with Gasteiger partial charge >= 0.3 is 0 Å². The SMILES string of the molecule is CS(=O)(=O)c1cn[nH]c1[C@@H]1CCN(Cc2ccc(F)cc2)C1. The number of benzene rings is 1. The Morgan fingerprint density at radius 1 is 1.36 bits per heavy atom. The van der Waals surface area contributed by atoms with Gasteiger partial charge in [-0.2, -0.15) is 5.10 Å². The molecule has 0 aliphatic carbocycles. The lowest BCUT2D eigenvalue weighted by Gasteiger charge is -2.16. The molecule has 5 nitrogen and oxygen atoms in total. The molecule has 0 saturated carbocycles. The van der Waals surface area contributed by atoms with Crippen LogP contribution >= 0.6 is 0 Å². The maximum absolute atomic E-state index is 12.9. The molecule has 7 heteroatoms. The van der Waals surface area contributed by atoms with Crippen LogP contribution in [0.15, 0.2) is 35.4 Å². The van der Waals surface area contributed by atoms with E-state index in [1.165, 1.54) is 24.6 Å². The highest BCUT2D eigenvalue weighted by molar-refractivity contribution is 7.90. The average Bonchev–Trinajstić information content (AvgIpc) is 3.09. The van der Waals surface area contributed by atoms with Gasteiger partial charge in [0.15, 0.2) is 9.84 Å². The monoisotopic (exact) mass is 323 g/mol. The van der Waals surface area contributed by atoms with Crippen molar-refractivity contribution in [3.8, 4) is 0 Å². The highest BCUT2D eigenvalue weighted by atomic mass is 32.2. The summed E-state index contributed by atoms with van der Waals surface area (Å²) in [4.78, 5) is 2.53. The standard InChI is InChI=1S/C15H18FN3O2S/c1-22(20,21)14-8-17-18-15(14)12-6-7-19(10-12)9-11-2-4-13(16)5-3-11/h2-5,8,12H,6-7,9-10H2,1H3,(H,17,18)/t12-/m1/s1. The van der Waals surface area contributed by atoms with Crippen LogP contribution in [0.1, 0.15) is 23.6 Å². The summed E-state index contributed by atoms with van der Waals surface area (Å²) in [6, 6.07) is 6.47. The van der Waals surface area contributed by atoms with Gasteiger partial charge < -0.3 is 0 Å². The van der Waals surface area contributed by atoms with E-state index >= 15 is 0 Å². The summed E-state index contributed by atoms with van der Waals surface area (Å²) in [5.41, 5.74) is 1.75. The van der Waals surface area contributed by atoms with Crippen molar-refractivity contribution in [2.24, 2.45) is 0 Å². The van der Waals surface area contributed by atoms with Crippen molar-refractivity contribution in [2.45, 2.75) is 23.8 Å².